The van der Waals surface area contributed by atoms with Crippen LogP contribution in [0.4, 0.5) is 5.69 Å². The third kappa shape index (κ3) is 2.99. The topological polar surface area (TPSA) is 15.3 Å². The van der Waals surface area contributed by atoms with Crippen molar-refractivity contribution in [3.8, 4) is 0 Å². The molecule has 1 unspecified atom stereocenters. The van der Waals surface area contributed by atoms with E-state index < -0.39 is 0 Å². The molecule has 3 rings (SSSR count). The molecule has 106 valence electrons. The van der Waals surface area contributed by atoms with E-state index in [-0.39, 0.29) is 0 Å². The van der Waals surface area contributed by atoms with Gasteiger partial charge in [0.25, 0.3) is 0 Å². The molecule has 1 fully saturated rings. The molecule has 1 atom stereocenters. The number of halogens is 1. The van der Waals surface area contributed by atoms with Crippen LogP contribution < -0.4 is 5.32 Å². The number of hydrogen-bond acceptors (Lipinski definition) is 2. The number of nitrogens with zero attached hydrogens (tertiary/aromatic N) is 1. The Morgan fingerprint density at radius 2 is 2.00 bits per heavy atom. The molecule has 0 amide bonds. The Hall–Kier alpha value is -1.06. The van der Waals surface area contributed by atoms with Crippen LogP contribution in [0.15, 0.2) is 40.9 Å². The minimum atomic E-state index is 0.760. The smallest absolute Gasteiger partial charge is 0.0420 e. The lowest BCUT2D eigenvalue weighted by atomic mass is 9.98. The number of anilines is 1. The molecule has 0 bridgehead atoms. The van der Waals surface area contributed by atoms with Gasteiger partial charge in [-0.1, -0.05) is 40.2 Å². The highest BCUT2D eigenvalue weighted by Gasteiger charge is 2.17. The normalized spacial score (nSPS) is 20.2. The zero-order valence-corrected chi connectivity index (χ0v) is 13.5. The van der Waals surface area contributed by atoms with Crippen molar-refractivity contribution in [2.24, 2.45) is 5.92 Å². The van der Waals surface area contributed by atoms with Gasteiger partial charge in [-0.05, 0) is 49.9 Å². The lowest BCUT2D eigenvalue weighted by molar-refractivity contribution is 0.217. The Labute approximate surface area is 129 Å². The molecule has 0 saturated carbocycles. The summed E-state index contributed by atoms with van der Waals surface area (Å²) in [6, 6.07) is 12.9. The third-order valence-electron chi connectivity index (χ3n) is 4.17. The van der Waals surface area contributed by atoms with E-state index in [0.29, 0.717) is 0 Å². The summed E-state index contributed by atoms with van der Waals surface area (Å²) in [5.74, 6) is 0.760. The maximum Gasteiger partial charge on any atom is 0.0420 e. The molecule has 3 heteroatoms. The van der Waals surface area contributed by atoms with Gasteiger partial charge in [0, 0.05) is 28.6 Å². The molecule has 1 aliphatic rings. The van der Waals surface area contributed by atoms with E-state index in [9.17, 15) is 0 Å². The SMILES string of the molecule is CN1CCCC(CNc2ccc(Br)c3ccccc23)C1. The quantitative estimate of drug-likeness (QED) is 0.898. The predicted octanol–water partition coefficient (Wildman–Crippen LogP) is 4.36. The number of benzene rings is 2. The van der Waals surface area contributed by atoms with Crippen molar-refractivity contribution in [3.05, 3.63) is 40.9 Å². The van der Waals surface area contributed by atoms with Crippen LogP contribution in [0.25, 0.3) is 10.8 Å². The van der Waals surface area contributed by atoms with Crippen molar-refractivity contribution in [2.75, 3.05) is 32.0 Å². The molecule has 2 nitrogen and oxygen atoms in total. The van der Waals surface area contributed by atoms with Crippen molar-refractivity contribution in [3.63, 3.8) is 0 Å². The van der Waals surface area contributed by atoms with Crippen molar-refractivity contribution >= 4 is 32.4 Å². The molecule has 0 spiro atoms. The lowest BCUT2D eigenvalue weighted by Crippen LogP contribution is -2.35. The molecule has 1 N–H and O–H groups in total. The highest BCUT2D eigenvalue weighted by atomic mass is 79.9. The summed E-state index contributed by atoms with van der Waals surface area (Å²) in [4.78, 5) is 2.44. The van der Waals surface area contributed by atoms with E-state index >= 15 is 0 Å². The molecule has 1 saturated heterocycles. The van der Waals surface area contributed by atoms with E-state index in [4.69, 9.17) is 0 Å². The maximum absolute atomic E-state index is 3.66. The second kappa shape index (κ2) is 6.15. The van der Waals surface area contributed by atoms with Crippen LogP contribution >= 0.6 is 15.9 Å². The minimum Gasteiger partial charge on any atom is -0.384 e. The summed E-state index contributed by atoms with van der Waals surface area (Å²) < 4.78 is 1.16. The van der Waals surface area contributed by atoms with Crippen molar-refractivity contribution < 1.29 is 0 Å². The van der Waals surface area contributed by atoms with Crippen molar-refractivity contribution in [2.45, 2.75) is 12.8 Å². The predicted molar refractivity (Wildman–Crippen MR) is 90.4 cm³/mol. The van der Waals surface area contributed by atoms with Crippen LogP contribution in [0.5, 0.6) is 0 Å². The Morgan fingerprint density at radius 1 is 1.20 bits per heavy atom. The number of rotatable bonds is 3. The molecule has 0 aliphatic carbocycles. The minimum absolute atomic E-state index is 0.760. The van der Waals surface area contributed by atoms with Gasteiger partial charge in [0.15, 0.2) is 0 Å². The molecule has 1 heterocycles. The number of piperidine rings is 1. The highest BCUT2D eigenvalue weighted by Crippen LogP contribution is 2.30. The highest BCUT2D eigenvalue weighted by molar-refractivity contribution is 9.10. The van der Waals surface area contributed by atoms with Crippen molar-refractivity contribution in [1.82, 2.24) is 4.90 Å². The van der Waals surface area contributed by atoms with E-state index in [2.05, 4.69) is 69.6 Å². The summed E-state index contributed by atoms with van der Waals surface area (Å²) in [6.45, 7) is 3.52. The molecular formula is C17H21BrN2. The molecule has 0 aromatic heterocycles. The molecule has 20 heavy (non-hydrogen) atoms. The average molecular weight is 333 g/mol. The second-order valence-electron chi connectivity index (χ2n) is 5.79. The van der Waals surface area contributed by atoms with Gasteiger partial charge in [-0.3, -0.25) is 0 Å². The van der Waals surface area contributed by atoms with Gasteiger partial charge in [-0.25, -0.2) is 0 Å². The Morgan fingerprint density at radius 3 is 2.80 bits per heavy atom. The van der Waals surface area contributed by atoms with E-state index in [1.165, 1.54) is 42.4 Å². The van der Waals surface area contributed by atoms with Crippen LogP contribution in [-0.4, -0.2) is 31.6 Å². The van der Waals surface area contributed by atoms with E-state index in [1.807, 2.05) is 0 Å². The summed E-state index contributed by atoms with van der Waals surface area (Å²) in [5, 5.41) is 6.23. The van der Waals surface area contributed by atoms with Crippen LogP contribution in [0.1, 0.15) is 12.8 Å². The van der Waals surface area contributed by atoms with Crippen LogP contribution in [0.2, 0.25) is 0 Å². The van der Waals surface area contributed by atoms with Crippen LogP contribution in [0.3, 0.4) is 0 Å². The fourth-order valence-corrected chi connectivity index (χ4v) is 3.59. The van der Waals surface area contributed by atoms with Crippen LogP contribution in [0, 0.1) is 5.92 Å². The first kappa shape index (κ1) is 13.9. The molecule has 0 radical (unpaired) electrons. The second-order valence-corrected chi connectivity index (χ2v) is 6.65. The van der Waals surface area contributed by atoms with E-state index in [0.717, 1.165) is 16.9 Å². The Bertz CT molecular complexity index is 597. The maximum atomic E-state index is 3.66. The zero-order valence-electron chi connectivity index (χ0n) is 11.9. The van der Waals surface area contributed by atoms with E-state index in [1.54, 1.807) is 0 Å². The van der Waals surface area contributed by atoms with Gasteiger partial charge in [0.1, 0.15) is 0 Å². The van der Waals surface area contributed by atoms with Crippen molar-refractivity contribution in [1.29, 1.82) is 0 Å². The van der Waals surface area contributed by atoms with Gasteiger partial charge in [-0.15, -0.1) is 0 Å². The number of hydrogen-bond donors (Lipinski definition) is 1. The molecule has 1 aliphatic heterocycles. The summed E-state index contributed by atoms with van der Waals surface area (Å²) in [6.07, 6.45) is 2.66. The monoisotopic (exact) mass is 332 g/mol. The van der Waals surface area contributed by atoms with Gasteiger partial charge >= 0.3 is 0 Å². The summed E-state index contributed by atoms with van der Waals surface area (Å²) in [5.41, 5.74) is 1.25. The fourth-order valence-electron chi connectivity index (χ4n) is 3.11. The fraction of sp³-hybridized carbons (Fsp3) is 0.412. The summed E-state index contributed by atoms with van der Waals surface area (Å²) >= 11 is 3.63. The molecule has 2 aromatic carbocycles. The number of fused-ring (bicyclic) bond motifs is 1. The first-order valence-corrected chi connectivity index (χ1v) is 8.13. The lowest BCUT2D eigenvalue weighted by Gasteiger charge is -2.30. The summed E-state index contributed by atoms with van der Waals surface area (Å²) in [7, 11) is 2.22. The Kier molecular flexibility index (Phi) is 4.27. The largest absolute Gasteiger partial charge is 0.384 e. The number of nitrogens with one attached hydrogen (secondary N) is 1. The van der Waals surface area contributed by atoms with Gasteiger partial charge in [0.2, 0.25) is 0 Å². The number of likely N-dealkylation sites (tertiary alicyclic amines) is 1. The Balaban J connectivity index is 1.76. The van der Waals surface area contributed by atoms with Gasteiger partial charge < -0.3 is 10.2 Å². The van der Waals surface area contributed by atoms with Crippen LogP contribution in [-0.2, 0) is 0 Å². The van der Waals surface area contributed by atoms with Gasteiger partial charge in [-0.2, -0.15) is 0 Å². The molecule has 2 aromatic rings. The third-order valence-corrected chi connectivity index (χ3v) is 4.87. The molecular weight excluding hydrogens is 312 g/mol. The first-order valence-electron chi connectivity index (χ1n) is 7.33. The van der Waals surface area contributed by atoms with Gasteiger partial charge in [0.05, 0.1) is 0 Å². The average Bonchev–Trinajstić information content (AvgIpc) is 2.47. The first-order chi connectivity index (χ1) is 9.74. The zero-order chi connectivity index (χ0) is 13.9. The standard InChI is InChI=1S/C17H21BrN2/c1-20-10-4-5-13(12-20)11-19-17-9-8-16(18)14-6-2-3-7-15(14)17/h2-3,6-9,13,19H,4-5,10-12H2,1H3.